The molecule has 0 bridgehead atoms. The van der Waals surface area contributed by atoms with Gasteiger partial charge in [0, 0.05) is 11.1 Å². The first-order valence-corrected chi connectivity index (χ1v) is 7.24. The lowest BCUT2D eigenvalue weighted by Gasteiger charge is -2.19. The Morgan fingerprint density at radius 2 is 2.15 bits per heavy atom. The van der Waals surface area contributed by atoms with E-state index in [1.807, 2.05) is 45.2 Å². The van der Waals surface area contributed by atoms with Crippen LogP contribution in [0.2, 0.25) is 0 Å². The molecular weight excluding hydrogens is 276 g/mol. The van der Waals surface area contributed by atoms with E-state index < -0.39 is 11.7 Å². The van der Waals surface area contributed by atoms with Crippen molar-refractivity contribution in [2.75, 3.05) is 0 Å². The average molecular weight is 296 g/mol. The van der Waals surface area contributed by atoms with Gasteiger partial charge in [-0.3, -0.25) is 9.83 Å². The van der Waals surface area contributed by atoms with Crippen LogP contribution in [0.5, 0.6) is 0 Å². The largest absolute Gasteiger partial charge is 0.443 e. The minimum Gasteiger partial charge on any atom is -0.443 e. The van der Waals surface area contributed by atoms with Crippen molar-refractivity contribution in [3.05, 3.63) is 22.5 Å². The topological polar surface area (TPSA) is 67.7 Å². The Morgan fingerprint density at radius 1 is 1.45 bits per heavy atom. The third-order valence-corrected chi connectivity index (χ3v) is 3.48. The summed E-state index contributed by atoms with van der Waals surface area (Å²) < 4.78 is 7.19. The summed E-state index contributed by atoms with van der Waals surface area (Å²) in [5.74, 6) is 0. The Kier molecular flexibility index (Phi) is 4.01. The second kappa shape index (κ2) is 5.41. The third kappa shape index (κ3) is 3.49. The molecule has 0 aliphatic carbocycles. The third-order valence-electron chi connectivity index (χ3n) is 2.59. The number of rotatable bonds is 3. The van der Waals surface area contributed by atoms with E-state index in [4.69, 9.17) is 4.74 Å². The molecule has 1 amide bonds. The number of thiazole rings is 1. The van der Waals surface area contributed by atoms with Crippen molar-refractivity contribution in [2.24, 2.45) is 0 Å². The molecule has 0 radical (unpaired) electrons. The van der Waals surface area contributed by atoms with Crippen LogP contribution in [0.15, 0.2) is 6.20 Å². The number of hydrogen-bond donors (Lipinski definition) is 2. The van der Waals surface area contributed by atoms with Gasteiger partial charge in [-0.05, 0) is 34.6 Å². The van der Waals surface area contributed by atoms with Gasteiger partial charge in [-0.25, -0.2) is 15.2 Å². The molecule has 7 heteroatoms. The molecule has 0 saturated carbocycles. The van der Waals surface area contributed by atoms with Gasteiger partial charge in [0.1, 0.15) is 5.60 Å². The smallest absolute Gasteiger partial charge is 0.422 e. The van der Waals surface area contributed by atoms with E-state index in [1.165, 1.54) is 4.88 Å². The number of amides is 1. The number of nitrogens with zero attached hydrogens (tertiary/aromatic N) is 2. The SMILES string of the molecule is Cc1cn2c(CNNC(=O)OC(C)(C)C)c(C)nc2s1. The Bertz CT molecular complexity index is 624. The molecule has 20 heavy (non-hydrogen) atoms. The molecule has 0 aliphatic rings. The molecule has 2 heterocycles. The molecule has 0 saturated heterocycles. The number of aromatic nitrogens is 2. The van der Waals surface area contributed by atoms with Crippen LogP contribution in [0.4, 0.5) is 4.79 Å². The standard InChI is InChI=1S/C13H20N4O2S/c1-8-7-17-10(9(2)15-11(17)20-8)6-14-16-12(18)19-13(3,4)5/h7,14H,6H2,1-5H3,(H,16,18). The highest BCUT2D eigenvalue weighted by molar-refractivity contribution is 7.17. The van der Waals surface area contributed by atoms with Crippen molar-refractivity contribution in [3.63, 3.8) is 0 Å². The van der Waals surface area contributed by atoms with Crippen LogP contribution in [0.1, 0.15) is 37.0 Å². The van der Waals surface area contributed by atoms with Crippen LogP contribution in [0.25, 0.3) is 4.96 Å². The summed E-state index contributed by atoms with van der Waals surface area (Å²) >= 11 is 1.65. The predicted octanol–water partition coefficient (Wildman–Crippen LogP) is 2.54. The zero-order valence-corrected chi connectivity index (χ0v) is 13.2. The molecule has 0 fully saturated rings. The first-order chi connectivity index (χ1) is 9.26. The van der Waals surface area contributed by atoms with Crippen LogP contribution >= 0.6 is 11.3 Å². The first kappa shape index (κ1) is 14.8. The molecule has 0 unspecified atom stereocenters. The van der Waals surface area contributed by atoms with Gasteiger partial charge in [0.15, 0.2) is 4.96 Å². The van der Waals surface area contributed by atoms with Crippen LogP contribution < -0.4 is 10.9 Å². The van der Waals surface area contributed by atoms with Crippen molar-refractivity contribution < 1.29 is 9.53 Å². The van der Waals surface area contributed by atoms with Gasteiger partial charge in [0.2, 0.25) is 0 Å². The van der Waals surface area contributed by atoms with Gasteiger partial charge in [0.05, 0.1) is 17.9 Å². The highest BCUT2D eigenvalue weighted by Crippen LogP contribution is 2.20. The summed E-state index contributed by atoms with van der Waals surface area (Å²) in [6.07, 6.45) is 1.56. The van der Waals surface area contributed by atoms with Crippen LogP contribution in [0.3, 0.4) is 0 Å². The van der Waals surface area contributed by atoms with E-state index in [1.54, 1.807) is 11.3 Å². The number of hydrazine groups is 1. The summed E-state index contributed by atoms with van der Waals surface area (Å²) in [4.78, 5) is 18.2. The molecule has 0 aliphatic heterocycles. The van der Waals surface area contributed by atoms with E-state index in [-0.39, 0.29) is 0 Å². The normalized spacial score (nSPS) is 11.8. The number of aryl methyl sites for hydroxylation is 2. The minimum atomic E-state index is -0.504. The molecule has 6 nitrogen and oxygen atoms in total. The molecule has 110 valence electrons. The summed E-state index contributed by atoms with van der Waals surface area (Å²) in [5, 5.41) is 0. The predicted molar refractivity (Wildman–Crippen MR) is 78.8 cm³/mol. The van der Waals surface area contributed by atoms with Crippen LogP contribution in [0, 0.1) is 13.8 Å². The van der Waals surface area contributed by atoms with E-state index >= 15 is 0 Å². The average Bonchev–Trinajstić information content (AvgIpc) is 2.74. The van der Waals surface area contributed by atoms with Gasteiger partial charge in [-0.1, -0.05) is 0 Å². The zero-order valence-electron chi connectivity index (χ0n) is 12.4. The quantitative estimate of drug-likeness (QED) is 0.854. The molecule has 2 aromatic heterocycles. The van der Waals surface area contributed by atoms with Crippen molar-refractivity contribution in [2.45, 2.75) is 46.8 Å². The molecule has 0 spiro atoms. The lowest BCUT2D eigenvalue weighted by molar-refractivity contribution is 0.0496. The first-order valence-electron chi connectivity index (χ1n) is 6.42. The van der Waals surface area contributed by atoms with E-state index in [2.05, 4.69) is 15.8 Å². The summed E-state index contributed by atoms with van der Waals surface area (Å²) in [6, 6.07) is 0. The second-order valence-electron chi connectivity index (χ2n) is 5.62. The summed E-state index contributed by atoms with van der Waals surface area (Å²) in [6.45, 7) is 9.97. The maximum absolute atomic E-state index is 11.5. The van der Waals surface area contributed by atoms with Crippen molar-refractivity contribution in [3.8, 4) is 0 Å². The monoisotopic (exact) mass is 296 g/mol. The van der Waals surface area contributed by atoms with Crippen LogP contribution in [-0.4, -0.2) is 21.1 Å². The number of imidazole rings is 1. The van der Waals surface area contributed by atoms with Crippen molar-refractivity contribution in [1.82, 2.24) is 20.2 Å². The van der Waals surface area contributed by atoms with Crippen molar-refractivity contribution >= 4 is 22.4 Å². The molecular formula is C13H20N4O2S. The molecule has 0 aromatic carbocycles. The molecule has 2 rings (SSSR count). The Labute approximate surface area is 122 Å². The van der Waals surface area contributed by atoms with Gasteiger partial charge in [-0.15, -0.1) is 11.3 Å². The molecule has 0 atom stereocenters. The highest BCUT2D eigenvalue weighted by atomic mass is 32.1. The van der Waals surface area contributed by atoms with E-state index in [0.29, 0.717) is 6.54 Å². The number of hydrogen-bond acceptors (Lipinski definition) is 5. The highest BCUT2D eigenvalue weighted by Gasteiger charge is 2.16. The van der Waals surface area contributed by atoms with Gasteiger partial charge in [-0.2, -0.15) is 0 Å². The Hall–Kier alpha value is -1.60. The minimum absolute atomic E-state index is 0.489. The number of carbonyl (C=O) groups is 1. The fraction of sp³-hybridized carbons (Fsp3) is 0.538. The lowest BCUT2D eigenvalue weighted by Crippen LogP contribution is -2.41. The maximum atomic E-state index is 11.5. The fourth-order valence-corrected chi connectivity index (χ4v) is 2.72. The fourth-order valence-electron chi connectivity index (χ4n) is 1.83. The zero-order chi connectivity index (χ0) is 14.9. The van der Waals surface area contributed by atoms with Crippen LogP contribution in [-0.2, 0) is 11.3 Å². The molecule has 2 aromatic rings. The van der Waals surface area contributed by atoms with Gasteiger partial charge >= 0.3 is 6.09 Å². The van der Waals surface area contributed by atoms with Gasteiger partial charge in [0.25, 0.3) is 0 Å². The summed E-state index contributed by atoms with van der Waals surface area (Å²) in [5.41, 5.74) is 6.88. The number of fused-ring (bicyclic) bond motifs is 1. The Balaban J connectivity index is 1.96. The molecule has 2 N–H and O–H groups in total. The van der Waals surface area contributed by atoms with E-state index in [9.17, 15) is 4.79 Å². The van der Waals surface area contributed by atoms with E-state index in [0.717, 1.165) is 16.3 Å². The maximum Gasteiger partial charge on any atom is 0.422 e. The summed E-state index contributed by atoms with van der Waals surface area (Å²) in [7, 11) is 0. The van der Waals surface area contributed by atoms with Crippen molar-refractivity contribution in [1.29, 1.82) is 0 Å². The van der Waals surface area contributed by atoms with Gasteiger partial charge < -0.3 is 4.74 Å². The lowest BCUT2D eigenvalue weighted by atomic mass is 10.2. The Morgan fingerprint density at radius 3 is 2.80 bits per heavy atom. The number of ether oxygens (including phenoxy) is 1. The second-order valence-corrected chi connectivity index (χ2v) is 6.83. The number of carbonyl (C=O) groups excluding carboxylic acids is 1. The number of nitrogens with one attached hydrogen (secondary N) is 2.